The molecule has 1 aromatic rings. The van der Waals surface area contributed by atoms with Crippen molar-refractivity contribution < 1.29 is 22.7 Å². The number of rotatable bonds is 8. The lowest BCUT2D eigenvalue weighted by Gasteiger charge is -2.12. The lowest BCUT2D eigenvalue weighted by molar-refractivity contribution is -0.154. The number of hydrogen-bond donors (Lipinski definition) is 2. The lowest BCUT2D eigenvalue weighted by Crippen LogP contribution is -2.36. The van der Waals surface area contributed by atoms with Crippen molar-refractivity contribution in [2.75, 3.05) is 13.1 Å². The molecule has 7 nitrogen and oxygen atoms in total. The van der Waals surface area contributed by atoms with E-state index >= 15 is 0 Å². The van der Waals surface area contributed by atoms with E-state index < -0.39 is 22.1 Å². The number of carbonyl (C=O) groups is 2. The molecule has 1 aromatic heterocycles. The van der Waals surface area contributed by atoms with Crippen molar-refractivity contribution in [1.82, 2.24) is 10.0 Å². The molecule has 9 heteroatoms. The van der Waals surface area contributed by atoms with Crippen LogP contribution >= 0.6 is 11.3 Å². The minimum absolute atomic E-state index is 0.0822. The molecule has 0 saturated heterocycles. The number of carbonyl (C=O) groups excluding carboxylic acids is 2. The Balaban J connectivity index is 2.36. The molecule has 0 spiro atoms. The third-order valence-electron chi connectivity index (χ3n) is 2.41. The molecule has 1 atom stereocenters. The highest BCUT2D eigenvalue weighted by Gasteiger charge is 2.18. The molecule has 21 heavy (non-hydrogen) atoms. The summed E-state index contributed by atoms with van der Waals surface area (Å²) in [6, 6.07) is 3.10. The van der Waals surface area contributed by atoms with Gasteiger partial charge in [-0.2, -0.15) is 0 Å². The topological polar surface area (TPSA) is 102 Å². The summed E-state index contributed by atoms with van der Waals surface area (Å²) in [6.07, 6.45) is -1.04. The van der Waals surface area contributed by atoms with E-state index in [0.717, 1.165) is 11.3 Å². The third-order valence-corrected chi connectivity index (χ3v) is 5.27. The Morgan fingerprint density at radius 1 is 1.43 bits per heavy atom. The fraction of sp³-hybridized carbons (Fsp3) is 0.500. The first-order chi connectivity index (χ1) is 9.86. The van der Waals surface area contributed by atoms with Gasteiger partial charge in [-0.05, 0) is 25.3 Å². The summed E-state index contributed by atoms with van der Waals surface area (Å²) >= 11 is 1.09. The molecule has 0 radical (unpaired) electrons. The smallest absolute Gasteiger partial charge is 0.307 e. The average molecular weight is 334 g/mol. The molecule has 0 aromatic carbocycles. The number of likely N-dealkylation sites (N-methyl/N-ethyl adjacent to an activating group) is 1. The average Bonchev–Trinajstić information content (AvgIpc) is 2.93. The van der Waals surface area contributed by atoms with Gasteiger partial charge >= 0.3 is 5.97 Å². The quantitative estimate of drug-likeness (QED) is 0.674. The van der Waals surface area contributed by atoms with Crippen LogP contribution in [0, 0.1) is 0 Å². The fourth-order valence-corrected chi connectivity index (χ4v) is 3.47. The predicted molar refractivity (Wildman–Crippen MR) is 78.4 cm³/mol. The van der Waals surface area contributed by atoms with Crippen molar-refractivity contribution >= 4 is 33.2 Å². The Morgan fingerprint density at radius 2 is 2.14 bits per heavy atom. The first-order valence-corrected chi connectivity index (χ1v) is 8.73. The van der Waals surface area contributed by atoms with E-state index in [1.807, 2.05) is 0 Å². The lowest BCUT2D eigenvalue weighted by atomic mass is 10.3. The number of hydrogen-bond acceptors (Lipinski definition) is 6. The summed E-state index contributed by atoms with van der Waals surface area (Å²) in [5, 5.41) is 4.17. The molecule has 118 valence electrons. The van der Waals surface area contributed by atoms with Crippen molar-refractivity contribution in [3.63, 3.8) is 0 Å². The van der Waals surface area contributed by atoms with Crippen LogP contribution < -0.4 is 10.0 Å². The fourth-order valence-electron chi connectivity index (χ4n) is 1.40. The van der Waals surface area contributed by atoms with Gasteiger partial charge in [0.25, 0.3) is 5.91 Å². The molecule has 0 aliphatic heterocycles. The maximum Gasteiger partial charge on any atom is 0.307 e. The van der Waals surface area contributed by atoms with Crippen LogP contribution in [0.15, 0.2) is 21.7 Å². The van der Waals surface area contributed by atoms with Crippen LogP contribution in [0.1, 0.15) is 20.3 Å². The number of nitrogens with one attached hydrogen (secondary N) is 2. The number of thiophene rings is 1. The molecular weight excluding hydrogens is 316 g/mol. The molecule has 1 heterocycles. The van der Waals surface area contributed by atoms with E-state index in [4.69, 9.17) is 4.74 Å². The maximum atomic E-state index is 11.8. The zero-order valence-electron chi connectivity index (χ0n) is 11.8. The van der Waals surface area contributed by atoms with Crippen molar-refractivity contribution in [1.29, 1.82) is 0 Å². The van der Waals surface area contributed by atoms with Gasteiger partial charge in [0.05, 0.1) is 6.42 Å². The Kier molecular flexibility index (Phi) is 6.79. The van der Waals surface area contributed by atoms with Gasteiger partial charge in [-0.25, -0.2) is 13.1 Å². The number of esters is 1. The van der Waals surface area contributed by atoms with E-state index in [2.05, 4.69) is 10.0 Å². The van der Waals surface area contributed by atoms with Gasteiger partial charge < -0.3 is 10.1 Å². The van der Waals surface area contributed by atoms with E-state index in [0.29, 0.717) is 6.54 Å². The van der Waals surface area contributed by atoms with Crippen LogP contribution in [0.25, 0.3) is 0 Å². The molecule has 0 fully saturated rings. The minimum atomic E-state index is -3.58. The zero-order chi connectivity index (χ0) is 15.9. The largest absolute Gasteiger partial charge is 0.453 e. The van der Waals surface area contributed by atoms with Gasteiger partial charge in [-0.15, -0.1) is 11.3 Å². The summed E-state index contributed by atoms with van der Waals surface area (Å²) in [6.45, 7) is 3.58. The van der Waals surface area contributed by atoms with Crippen molar-refractivity contribution in [2.24, 2.45) is 0 Å². The second-order valence-electron chi connectivity index (χ2n) is 4.11. The number of amides is 1. The van der Waals surface area contributed by atoms with Gasteiger partial charge in [0.15, 0.2) is 6.10 Å². The summed E-state index contributed by atoms with van der Waals surface area (Å²) in [5.41, 5.74) is 0. The van der Waals surface area contributed by atoms with E-state index in [9.17, 15) is 18.0 Å². The second-order valence-corrected chi connectivity index (χ2v) is 7.05. The van der Waals surface area contributed by atoms with E-state index in [-0.39, 0.29) is 23.1 Å². The molecule has 0 saturated carbocycles. The van der Waals surface area contributed by atoms with Crippen molar-refractivity contribution in [2.45, 2.75) is 30.6 Å². The molecule has 2 N–H and O–H groups in total. The molecule has 0 aliphatic rings. The SMILES string of the molecule is CCNC(=O)[C@H](C)OC(=O)CCNS(=O)(=O)c1cccs1. The summed E-state index contributed by atoms with van der Waals surface area (Å²) in [4.78, 5) is 22.9. The monoisotopic (exact) mass is 334 g/mol. The molecular formula is C12H18N2O5S2. The molecule has 0 aliphatic carbocycles. The van der Waals surface area contributed by atoms with Crippen LogP contribution in [-0.4, -0.2) is 39.5 Å². The second kappa shape index (κ2) is 8.11. The summed E-state index contributed by atoms with van der Waals surface area (Å²) in [7, 11) is -3.58. The van der Waals surface area contributed by atoms with Gasteiger partial charge in [-0.3, -0.25) is 9.59 Å². The Bertz CT molecular complexity index is 568. The van der Waals surface area contributed by atoms with Crippen LogP contribution in [0.4, 0.5) is 0 Å². The summed E-state index contributed by atoms with van der Waals surface area (Å²) < 4.78 is 30.9. The number of ether oxygens (including phenoxy) is 1. The van der Waals surface area contributed by atoms with Gasteiger partial charge in [0.2, 0.25) is 10.0 Å². The Morgan fingerprint density at radius 3 is 2.71 bits per heavy atom. The third kappa shape index (κ3) is 5.82. The number of sulfonamides is 1. The van der Waals surface area contributed by atoms with Crippen LogP contribution in [0.3, 0.4) is 0 Å². The zero-order valence-corrected chi connectivity index (χ0v) is 13.4. The standard InChI is InChI=1S/C12H18N2O5S2/c1-3-13-12(16)9(2)19-10(15)6-7-14-21(17,18)11-5-4-8-20-11/h4-5,8-9,14H,3,6-7H2,1-2H3,(H,13,16)/t9-/m0/s1. The maximum absolute atomic E-state index is 11.8. The first kappa shape index (κ1) is 17.6. The van der Waals surface area contributed by atoms with Crippen LogP contribution in [-0.2, 0) is 24.3 Å². The highest BCUT2D eigenvalue weighted by molar-refractivity contribution is 7.91. The van der Waals surface area contributed by atoms with Gasteiger partial charge in [0, 0.05) is 13.1 Å². The Hall–Kier alpha value is -1.45. The van der Waals surface area contributed by atoms with Crippen LogP contribution in [0.5, 0.6) is 0 Å². The molecule has 1 amide bonds. The summed E-state index contributed by atoms with van der Waals surface area (Å²) in [5.74, 6) is -1.02. The highest BCUT2D eigenvalue weighted by atomic mass is 32.2. The van der Waals surface area contributed by atoms with E-state index in [1.165, 1.54) is 13.0 Å². The molecule has 0 unspecified atom stereocenters. The first-order valence-electron chi connectivity index (χ1n) is 6.37. The Labute approximate surface area is 127 Å². The van der Waals surface area contributed by atoms with Crippen LogP contribution in [0.2, 0.25) is 0 Å². The van der Waals surface area contributed by atoms with E-state index in [1.54, 1.807) is 18.4 Å². The normalized spacial score (nSPS) is 12.7. The molecule has 1 rings (SSSR count). The highest BCUT2D eigenvalue weighted by Crippen LogP contribution is 2.15. The predicted octanol–water partition coefficient (Wildman–Crippen LogP) is 0.484. The van der Waals surface area contributed by atoms with Gasteiger partial charge in [0.1, 0.15) is 4.21 Å². The molecule has 0 bridgehead atoms. The van der Waals surface area contributed by atoms with Gasteiger partial charge in [-0.1, -0.05) is 6.07 Å². The minimum Gasteiger partial charge on any atom is -0.453 e. The van der Waals surface area contributed by atoms with Crippen molar-refractivity contribution in [3.8, 4) is 0 Å². The van der Waals surface area contributed by atoms with Crippen molar-refractivity contribution in [3.05, 3.63) is 17.5 Å².